The van der Waals surface area contributed by atoms with E-state index in [1.54, 1.807) is 0 Å². The molecule has 0 aromatic heterocycles. The van der Waals surface area contributed by atoms with Crippen molar-refractivity contribution in [2.24, 2.45) is 0 Å². The van der Waals surface area contributed by atoms with Gasteiger partial charge >= 0.3 is 30.9 Å². The lowest BCUT2D eigenvalue weighted by atomic mass is 10.4. The summed E-state index contributed by atoms with van der Waals surface area (Å²) in [6, 6.07) is 0. The Hall–Kier alpha value is -1.04. The fourth-order valence-corrected chi connectivity index (χ4v) is 1.17. The first kappa shape index (κ1) is 25.0. The van der Waals surface area contributed by atoms with Crippen molar-refractivity contribution in [3.8, 4) is 0 Å². The molecule has 0 radical (unpaired) electrons. The van der Waals surface area contributed by atoms with Crippen LogP contribution in [0.2, 0.25) is 0 Å². The van der Waals surface area contributed by atoms with E-state index in [1.807, 2.05) is 4.74 Å². The van der Waals surface area contributed by atoms with Crippen molar-refractivity contribution in [1.29, 1.82) is 0 Å². The van der Waals surface area contributed by atoms with Crippen LogP contribution in [0, 0.1) is 0 Å². The highest BCUT2D eigenvalue weighted by Gasteiger charge is 2.67. The van der Waals surface area contributed by atoms with Crippen LogP contribution in [-0.4, -0.2) is 57.7 Å². The summed E-state index contributed by atoms with van der Waals surface area (Å²) in [6.45, 7) is -8.64. The van der Waals surface area contributed by atoms with Crippen LogP contribution in [0.4, 0.5) is 52.7 Å². The fraction of sp³-hybridized carbons (Fsp3) is 1.00. The van der Waals surface area contributed by atoms with E-state index in [0.717, 1.165) is 0 Å². The zero-order valence-corrected chi connectivity index (χ0v) is 11.9. The van der Waals surface area contributed by atoms with Gasteiger partial charge in [-0.05, 0) is 0 Å². The third-order valence-corrected chi connectivity index (χ3v) is 1.88. The van der Waals surface area contributed by atoms with E-state index < -0.39 is 57.7 Å². The second-order valence-electron chi connectivity index (χ2n) is 3.88. The summed E-state index contributed by atoms with van der Waals surface area (Å²) in [5, 5.41) is 0. The van der Waals surface area contributed by atoms with Crippen molar-refractivity contribution in [3.63, 3.8) is 0 Å². The normalized spacial score (nSPS) is 16.6. The minimum atomic E-state index is -6.24. The lowest BCUT2D eigenvalue weighted by Crippen LogP contribution is -2.59. The second-order valence-corrected chi connectivity index (χ2v) is 3.88. The van der Waals surface area contributed by atoms with Crippen molar-refractivity contribution in [2.45, 2.75) is 30.9 Å². The zero-order chi connectivity index (χ0) is 20.9. The molecule has 0 saturated heterocycles. The minimum absolute atomic E-state index is 1.64. The van der Waals surface area contributed by atoms with Crippen LogP contribution in [0.25, 0.3) is 0 Å². The monoisotopic (exact) mass is 424 g/mol. The molecule has 0 rings (SSSR count). The molecule has 0 fully saturated rings. The van der Waals surface area contributed by atoms with E-state index in [2.05, 4.69) is 18.9 Å². The number of alkyl halides is 12. The van der Waals surface area contributed by atoms with Gasteiger partial charge in [-0.15, -0.1) is 22.0 Å². The van der Waals surface area contributed by atoms with E-state index in [-0.39, 0.29) is 0 Å². The summed E-state index contributed by atoms with van der Waals surface area (Å²) >= 11 is 0. The van der Waals surface area contributed by atoms with Crippen molar-refractivity contribution in [2.75, 3.05) is 26.7 Å². The third kappa shape index (κ3) is 8.56. The van der Waals surface area contributed by atoms with Crippen molar-refractivity contribution in [3.05, 3.63) is 0 Å². The average molecular weight is 424 g/mol. The van der Waals surface area contributed by atoms with E-state index in [9.17, 15) is 52.7 Å². The number of rotatable bonds is 11. The molecule has 0 heterocycles. The van der Waals surface area contributed by atoms with Gasteiger partial charge in [0, 0.05) is 0 Å². The van der Waals surface area contributed by atoms with E-state index in [4.69, 9.17) is 0 Å². The second kappa shape index (κ2) is 8.77. The van der Waals surface area contributed by atoms with Crippen LogP contribution in [0.15, 0.2) is 0 Å². The molecule has 0 N–H and O–H groups in total. The number of hydrogen-bond acceptors (Lipinski definition) is 5. The predicted octanol–water partition coefficient (Wildman–Crippen LogP) is 3.84. The average Bonchev–Trinajstić information content (AvgIpc) is 2.36. The highest BCUT2D eigenvalue weighted by molar-refractivity contribution is 4.73. The molecule has 5 nitrogen and oxygen atoms in total. The number of hydrogen-bond donors (Lipinski definition) is 0. The van der Waals surface area contributed by atoms with Gasteiger partial charge < -0.3 is 9.47 Å². The maximum atomic E-state index is 13.7. The Kier molecular flexibility index (Phi) is 8.41. The van der Waals surface area contributed by atoms with Crippen LogP contribution in [0.1, 0.15) is 0 Å². The lowest BCUT2D eigenvalue weighted by Gasteiger charge is -2.37. The van der Waals surface area contributed by atoms with Crippen molar-refractivity contribution >= 4 is 0 Å². The van der Waals surface area contributed by atoms with Gasteiger partial charge in [0.2, 0.25) is 0 Å². The maximum Gasteiger partial charge on any atom is 0.529 e. The van der Waals surface area contributed by atoms with Crippen LogP contribution in [0.5, 0.6) is 0 Å². The molecular formula is C9H8F12O5. The standard InChI is InChI=1S/C9H8F12O5/c10-1-2-22-7(24-4-11,23-3-5(12,13)14)6(15,16)25-9(20,21)26-8(17,18)19/h1-4H2. The summed E-state index contributed by atoms with van der Waals surface area (Å²) in [4.78, 5) is 0. The fourth-order valence-electron chi connectivity index (χ4n) is 1.17. The van der Waals surface area contributed by atoms with Crippen molar-refractivity contribution < 1.29 is 76.4 Å². The molecule has 0 aromatic carbocycles. The van der Waals surface area contributed by atoms with Crippen LogP contribution < -0.4 is 0 Å². The molecule has 158 valence electrons. The molecule has 0 aromatic rings. The summed E-state index contributed by atoms with van der Waals surface area (Å²) in [5.74, 6) is -4.83. The molecule has 0 bridgehead atoms. The smallest absolute Gasteiger partial charge is 0.318 e. The summed E-state index contributed by atoms with van der Waals surface area (Å²) < 4.78 is 163. The van der Waals surface area contributed by atoms with Gasteiger partial charge in [-0.3, -0.25) is 4.74 Å². The Bertz CT molecular complexity index is 424. The Morgan fingerprint density at radius 3 is 1.58 bits per heavy atom. The van der Waals surface area contributed by atoms with Gasteiger partial charge in [0.05, 0.1) is 6.61 Å². The molecule has 17 heteroatoms. The van der Waals surface area contributed by atoms with Gasteiger partial charge in [-0.25, -0.2) is 13.5 Å². The third-order valence-electron chi connectivity index (χ3n) is 1.88. The van der Waals surface area contributed by atoms with Gasteiger partial charge in [-0.2, -0.15) is 26.7 Å². The van der Waals surface area contributed by atoms with E-state index in [0.29, 0.717) is 0 Å². The molecule has 1 atom stereocenters. The highest BCUT2D eigenvalue weighted by Crippen LogP contribution is 2.42. The quantitative estimate of drug-likeness (QED) is 0.373. The molecule has 0 aliphatic carbocycles. The van der Waals surface area contributed by atoms with E-state index >= 15 is 0 Å². The first-order chi connectivity index (χ1) is 11.5. The number of ether oxygens (including phenoxy) is 5. The molecule has 0 aliphatic heterocycles. The van der Waals surface area contributed by atoms with Gasteiger partial charge in [-0.1, -0.05) is 0 Å². The highest BCUT2D eigenvalue weighted by atomic mass is 19.4. The predicted molar refractivity (Wildman–Crippen MR) is 51.8 cm³/mol. The van der Waals surface area contributed by atoms with Crippen LogP contribution in [0.3, 0.4) is 0 Å². The number of halogens is 12. The summed E-state index contributed by atoms with van der Waals surface area (Å²) in [7, 11) is 0. The van der Waals surface area contributed by atoms with Crippen molar-refractivity contribution in [1.82, 2.24) is 0 Å². The van der Waals surface area contributed by atoms with E-state index in [1.165, 1.54) is 0 Å². The summed E-state index contributed by atoms with van der Waals surface area (Å²) in [6.07, 6.45) is -24.0. The largest absolute Gasteiger partial charge is 0.529 e. The molecular weight excluding hydrogens is 416 g/mol. The van der Waals surface area contributed by atoms with Gasteiger partial charge in [0.25, 0.3) is 0 Å². The molecule has 0 amide bonds. The maximum absolute atomic E-state index is 13.7. The SMILES string of the molecule is FCCOC(OCF)(OCC(F)(F)F)C(F)(F)OC(F)(F)OC(F)(F)F. The molecule has 0 spiro atoms. The summed E-state index contributed by atoms with van der Waals surface area (Å²) in [5.41, 5.74) is 0. The lowest BCUT2D eigenvalue weighted by molar-refractivity contribution is -0.591. The molecule has 0 saturated carbocycles. The van der Waals surface area contributed by atoms with Gasteiger partial charge in [0.1, 0.15) is 13.3 Å². The van der Waals surface area contributed by atoms with Gasteiger partial charge in [0.15, 0.2) is 6.86 Å². The van der Waals surface area contributed by atoms with Crippen LogP contribution >= 0.6 is 0 Å². The Labute approximate surface area is 135 Å². The molecule has 1 unspecified atom stereocenters. The Balaban J connectivity index is 5.70. The topological polar surface area (TPSA) is 46.2 Å². The molecule has 26 heavy (non-hydrogen) atoms. The first-order valence-electron chi connectivity index (χ1n) is 5.82. The Morgan fingerprint density at radius 1 is 0.654 bits per heavy atom. The Morgan fingerprint density at radius 2 is 1.19 bits per heavy atom. The minimum Gasteiger partial charge on any atom is -0.318 e. The molecule has 0 aliphatic rings. The first-order valence-corrected chi connectivity index (χ1v) is 5.82. The van der Waals surface area contributed by atoms with Crippen LogP contribution in [-0.2, 0) is 23.7 Å². The zero-order valence-electron chi connectivity index (χ0n) is 11.9.